The van der Waals surface area contributed by atoms with Crippen molar-refractivity contribution in [3.05, 3.63) is 23.2 Å². The fourth-order valence-electron chi connectivity index (χ4n) is 2.11. The third-order valence-electron chi connectivity index (χ3n) is 3.09. The van der Waals surface area contributed by atoms with Crippen LogP contribution in [0.25, 0.3) is 0 Å². The lowest BCUT2D eigenvalue weighted by Crippen LogP contribution is -2.34. The molecule has 0 bridgehead atoms. The van der Waals surface area contributed by atoms with Crippen LogP contribution in [-0.2, 0) is 0 Å². The van der Waals surface area contributed by atoms with Gasteiger partial charge in [-0.15, -0.1) is 11.8 Å². The minimum Gasteiger partial charge on any atom is -0.399 e. The Morgan fingerprint density at radius 3 is 3.06 bits per heavy atom. The summed E-state index contributed by atoms with van der Waals surface area (Å²) in [4.78, 5) is 1.10. The third kappa shape index (κ3) is 4.09. The molecule has 1 atom stereocenters. The first kappa shape index (κ1) is 13.1. The Bertz CT molecular complexity index is 364. The highest BCUT2D eigenvalue weighted by atomic mass is 35.5. The molecule has 0 spiro atoms. The molecule has 0 aliphatic carbocycles. The van der Waals surface area contributed by atoms with E-state index in [4.69, 9.17) is 17.3 Å². The summed E-state index contributed by atoms with van der Waals surface area (Å²) in [6, 6.07) is 6.37. The first-order valence-electron chi connectivity index (χ1n) is 6.17. The molecule has 0 saturated carbocycles. The summed E-state index contributed by atoms with van der Waals surface area (Å²) in [6.45, 7) is 1.17. The predicted molar refractivity (Wildman–Crippen MR) is 76.8 cm³/mol. The van der Waals surface area contributed by atoms with E-state index in [0.29, 0.717) is 6.04 Å². The minimum absolute atomic E-state index is 0.691. The Morgan fingerprint density at radius 1 is 1.41 bits per heavy atom. The Labute approximate surface area is 112 Å². The SMILES string of the molecule is Nc1ccc(Cl)c(SCCC2CCCCN2)c1. The summed E-state index contributed by atoms with van der Waals surface area (Å²) in [7, 11) is 0. The normalized spacial score (nSPS) is 20.4. The lowest BCUT2D eigenvalue weighted by Gasteiger charge is -2.23. The Hall–Kier alpha value is -0.380. The molecule has 17 heavy (non-hydrogen) atoms. The van der Waals surface area contributed by atoms with Crippen LogP contribution in [0.1, 0.15) is 25.7 Å². The van der Waals surface area contributed by atoms with Gasteiger partial charge in [0.1, 0.15) is 0 Å². The second-order valence-corrected chi connectivity index (χ2v) is 6.02. The van der Waals surface area contributed by atoms with Crippen molar-refractivity contribution in [2.45, 2.75) is 36.6 Å². The van der Waals surface area contributed by atoms with E-state index in [1.54, 1.807) is 11.8 Å². The zero-order valence-corrected chi connectivity index (χ0v) is 11.5. The van der Waals surface area contributed by atoms with Gasteiger partial charge in [-0.3, -0.25) is 0 Å². The molecule has 1 heterocycles. The van der Waals surface area contributed by atoms with Crippen molar-refractivity contribution in [3.63, 3.8) is 0 Å². The molecule has 0 radical (unpaired) electrons. The summed E-state index contributed by atoms with van der Waals surface area (Å²) in [5, 5.41) is 4.37. The zero-order chi connectivity index (χ0) is 12.1. The van der Waals surface area contributed by atoms with Crippen molar-refractivity contribution >= 4 is 29.1 Å². The Kier molecular flexibility index (Phi) is 5.01. The second-order valence-electron chi connectivity index (χ2n) is 4.47. The van der Waals surface area contributed by atoms with Crippen molar-refractivity contribution in [3.8, 4) is 0 Å². The molecule has 1 aliphatic rings. The number of anilines is 1. The van der Waals surface area contributed by atoms with Crippen LogP contribution in [0.2, 0.25) is 5.02 Å². The van der Waals surface area contributed by atoms with Gasteiger partial charge in [-0.05, 0) is 49.8 Å². The predicted octanol–water partition coefficient (Wildman–Crippen LogP) is 3.55. The number of piperidine rings is 1. The zero-order valence-electron chi connectivity index (χ0n) is 9.92. The van der Waals surface area contributed by atoms with E-state index in [2.05, 4.69) is 5.32 Å². The number of benzene rings is 1. The van der Waals surface area contributed by atoms with E-state index in [1.807, 2.05) is 18.2 Å². The summed E-state index contributed by atoms with van der Waals surface area (Å²) < 4.78 is 0. The average Bonchev–Trinajstić information content (AvgIpc) is 2.35. The summed E-state index contributed by atoms with van der Waals surface area (Å²) in [5.41, 5.74) is 6.54. The fourth-order valence-corrected chi connectivity index (χ4v) is 3.44. The number of nitrogen functional groups attached to an aromatic ring is 1. The van der Waals surface area contributed by atoms with Gasteiger partial charge < -0.3 is 11.1 Å². The van der Waals surface area contributed by atoms with Crippen LogP contribution in [0.3, 0.4) is 0 Å². The standard InChI is InChI=1S/C13H19ClN2S/c14-12-5-4-10(15)9-13(12)17-8-6-11-3-1-2-7-16-11/h4-5,9,11,16H,1-3,6-8,15H2. The monoisotopic (exact) mass is 270 g/mol. The van der Waals surface area contributed by atoms with Gasteiger partial charge in [-0.25, -0.2) is 0 Å². The maximum absolute atomic E-state index is 6.13. The van der Waals surface area contributed by atoms with Crippen LogP contribution in [0, 0.1) is 0 Å². The highest BCUT2D eigenvalue weighted by Crippen LogP contribution is 2.30. The van der Waals surface area contributed by atoms with Crippen molar-refractivity contribution in [1.82, 2.24) is 5.32 Å². The van der Waals surface area contributed by atoms with Gasteiger partial charge in [0.15, 0.2) is 0 Å². The van der Waals surface area contributed by atoms with E-state index >= 15 is 0 Å². The number of halogens is 1. The molecule has 3 N–H and O–H groups in total. The maximum Gasteiger partial charge on any atom is 0.0543 e. The van der Waals surface area contributed by atoms with Crippen LogP contribution < -0.4 is 11.1 Å². The molecule has 2 rings (SSSR count). The number of hydrogen-bond acceptors (Lipinski definition) is 3. The van der Waals surface area contributed by atoms with Gasteiger partial charge in [-0.1, -0.05) is 18.0 Å². The number of hydrogen-bond donors (Lipinski definition) is 2. The van der Waals surface area contributed by atoms with Crippen molar-refractivity contribution in [1.29, 1.82) is 0 Å². The van der Waals surface area contributed by atoms with Gasteiger partial charge in [0.2, 0.25) is 0 Å². The molecule has 0 amide bonds. The van der Waals surface area contributed by atoms with Gasteiger partial charge in [0.25, 0.3) is 0 Å². The minimum atomic E-state index is 0.691. The van der Waals surface area contributed by atoms with Crippen molar-refractivity contribution < 1.29 is 0 Å². The van der Waals surface area contributed by atoms with Gasteiger partial charge >= 0.3 is 0 Å². The number of thioether (sulfide) groups is 1. The summed E-state index contributed by atoms with van der Waals surface area (Å²) >= 11 is 7.93. The Morgan fingerprint density at radius 2 is 2.29 bits per heavy atom. The van der Waals surface area contributed by atoms with Crippen LogP contribution >= 0.6 is 23.4 Å². The van der Waals surface area contributed by atoms with Crippen LogP contribution in [0.15, 0.2) is 23.1 Å². The molecule has 1 aromatic rings. The van der Waals surface area contributed by atoms with Crippen LogP contribution in [0.4, 0.5) is 5.69 Å². The fraction of sp³-hybridized carbons (Fsp3) is 0.538. The van der Waals surface area contributed by atoms with Crippen LogP contribution in [0.5, 0.6) is 0 Å². The molecular weight excluding hydrogens is 252 g/mol. The highest BCUT2D eigenvalue weighted by Gasteiger charge is 2.12. The maximum atomic E-state index is 6.13. The smallest absolute Gasteiger partial charge is 0.0543 e. The van der Waals surface area contributed by atoms with Crippen molar-refractivity contribution in [2.24, 2.45) is 0 Å². The van der Waals surface area contributed by atoms with E-state index in [1.165, 1.54) is 32.2 Å². The van der Waals surface area contributed by atoms with Crippen molar-refractivity contribution in [2.75, 3.05) is 18.0 Å². The lowest BCUT2D eigenvalue weighted by molar-refractivity contribution is 0.395. The molecule has 1 fully saturated rings. The molecule has 1 unspecified atom stereocenters. The molecule has 2 nitrogen and oxygen atoms in total. The van der Waals surface area contributed by atoms with Gasteiger partial charge in [0.05, 0.1) is 5.02 Å². The molecule has 1 saturated heterocycles. The van der Waals surface area contributed by atoms with E-state index < -0.39 is 0 Å². The van der Waals surface area contributed by atoms with Gasteiger partial charge in [-0.2, -0.15) is 0 Å². The topological polar surface area (TPSA) is 38.0 Å². The highest BCUT2D eigenvalue weighted by molar-refractivity contribution is 7.99. The van der Waals surface area contributed by atoms with E-state index in [9.17, 15) is 0 Å². The average molecular weight is 271 g/mol. The molecule has 1 aromatic carbocycles. The molecular formula is C13H19ClN2S. The van der Waals surface area contributed by atoms with Gasteiger partial charge in [0, 0.05) is 16.6 Å². The van der Waals surface area contributed by atoms with Crippen LogP contribution in [-0.4, -0.2) is 18.3 Å². The third-order valence-corrected chi connectivity index (χ3v) is 4.62. The summed E-state index contributed by atoms with van der Waals surface area (Å²) in [5.74, 6) is 1.10. The first-order valence-corrected chi connectivity index (χ1v) is 7.53. The second kappa shape index (κ2) is 6.53. The number of rotatable bonds is 4. The number of nitrogens with one attached hydrogen (secondary N) is 1. The summed E-state index contributed by atoms with van der Waals surface area (Å²) in [6.07, 6.45) is 5.20. The largest absolute Gasteiger partial charge is 0.399 e. The molecule has 94 valence electrons. The molecule has 4 heteroatoms. The first-order chi connectivity index (χ1) is 8.25. The van der Waals surface area contributed by atoms with E-state index in [-0.39, 0.29) is 0 Å². The Balaban J connectivity index is 1.79. The quantitative estimate of drug-likeness (QED) is 0.649. The van der Waals surface area contributed by atoms with E-state index in [0.717, 1.165) is 21.4 Å². The molecule has 1 aliphatic heterocycles. The lowest BCUT2D eigenvalue weighted by atomic mass is 10.0. The molecule has 0 aromatic heterocycles. The number of nitrogens with two attached hydrogens (primary N) is 1.